The van der Waals surface area contributed by atoms with E-state index in [0.29, 0.717) is 18.0 Å². The maximum atomic E-state index is 3.81. The van der Waals surface area contributed by atoms with E-state index in [0.717, 1.165) is 5.92 Å². The predicted octanol–water partition coefficient (Wildman–Crippen LogP) is 5.43. The van der Waals surface area contributed by atoms with E-state index in [4.69, 9.17) is 0 Å². The van der Waals surface area contributed by atoms with Crippen LogP contribution >= 0.6 is 0 Å². The molecule has 1 fully saturated rings. The second-order valence-corrected chi connectivity index (χ2v) is 6.90. The van der Waals surface area contributed by atoms with Gasteiger partial charge in [0, 0.05) is 12.1 Å². The van der Waals surface area contributed by atoms with Crippen LogP contribution in [-0.2, 0) is 0 Å². The Bertz CT molecular complexity index is 387. The molecule has 2 unspecified atom stereocenters. The molecule has 0 amide bonds. The number of nitrogens with one attached hydrogen (secondary N) is 1. The molecule has 1 saturated carbocycles. The third kappa shape index (κ3) is 4.09. The topological polar surface area (TPSA) is 12.0 Å². The van der Waals surface area contributed by atoms with Crippen LogP contribution in [0.5, 0.6) is 0 Å². The van der Waals surface area contributed by atoms with Gasteiger partial charge in [-0.15, -0.1) is 0 Å². The summed E-state index contributed by atoms with van der Waals surface area (Å²) in [5.41, 5.74) is 2.85. The molecule has 0 aliphatic heterocycles. The third-order valence-corrected chi connectivity index (χ3v) is 4.97. The zero-order valence-corrected chi connectivity index (χ0v) is 13.7. The molecule has 0 radical (unpaired) electrons. The molecule has 0 spiro atoms. The van der Waals surface area contributed by atoms with Crippen molar-refractivity contribution in [1.82, 2.24) is 5.32 Å². The molecule has 1 heteroatoms. The van der Waals surface area contributed by atoms with E-state index in [1.54, 1.807) is 0 Å². The van der Waals surface area contributed by atoms with Crippen molar-refractivity contribution in [1.29, 1.82) is 0 Å². The van der Waals surface area contributed by atoms with Gasteiger partial charge >= 0.3 is 0 Å². The molecule has 1 aliphatic rings. The van der Waals surface area contributed by atoms with Gasteiger partial charge in [-0.2, -0.15) is 0 Å². The van der Waals surface area contributed by atoms with Gasteiger partial charge in [0.1, 0.15) is 0 Å². The summed E-state index contributed by atoms with van der Waals surface area (Å²) in [4.78, 5) is 0. The Morgan fingerprint density at radius 1 is 0.850 bits per heavy atom. The minimum absolute atomic E-state index is 0.452. The number of benzene rings is 1. The first-order valence-electron chi connectivity index (χ1n) is 8.44. The quantitative estimate of drug-likeness (QED) is 0.754. The largest absolute Gasteiger partial charge is 0.307 e. The van der Waals surface area contributed by atoms with E-state index in [2.05, 4.69) is 57.3 Å². The first kappa shape index (κ1) is 15.6. The molecule has 1 aromatic rings. The summed E-state index contributed by atoms with van der Waals surface area (Å²) >= 11 is 0. The van der Waals surface area contributed by atoms with Crippen LogP contribution in [0.2, 0.25) is 0 Å². The van der Waals surface area contributed by atoms with Gasteiger partial charge in [-0.25, -0.2) is 0 Å². The Labute approximate surface area is 125 Å². The minimum Gasteiger partial charge on any atom is -0.307 e. The lowest BCUT2D eigenvalue weighted by atomic mass is 9.84. The van der Waals surface area contributed by atoms with Crippen LogP contribution in [0.4, 0.5) is 0 Å². The smallest absolute Gasteiger partial charge is 0.0294 e. The summed E-state index contributed by atoms with van der Waals surface area (Å²) in [5, 5.41) is 3.81. The molecule has 0 saturated heterocycles. The highest BCUT2D eigenvalue weighted by molar-refractivity contribution is 5.26. The standard InChI is InChI=1S/C19H31N/c1-14(2)17-10-12-19(13-11-17)16(4)20-15(3)18-8-6-5-7-9-18/h10-16,18,20H,5-9H2,1-4H3. The molecule has 0 heterocycles. The van der Waals surface area contributed by atoms with E-state index in [-0.39, 0.29) is 0 Å². The molecule has 112 valence electrons. The lowest BCUT2D eigenvalue weighted by Crippen LogP contribution is -2.36. The maximum absolute atomic E-state index is 3.81. The van der Waals surface area contributed by atoms with Crippen molar-refractivity contribution in [3.63, 3.8) is 0 Å². The van der Waals surface area contributed by atoms with E-state index in [1.165, 1.54) is 43.2 Å². The van der Waals surface area contributed by atoms with Crippen LogP contribution in [0.15, 0.2) is 24.3 Å². The first-order valence-corrected chi connectivity index (χ1v) is 8.44. The van der Waals surface area contributed by atoms with Gasteiger partial charge in [0.05, 0.1) is 0 Å². The summed E-state index contributed by atoms with van der Waals surface area (Å²) in [5.74, 6) is 1.50. The van der Waals surface area contributed by atoms with Crippen molar-refractivity contribution in [3.8, 4) is 0 Å². The SMILES string of the molecule is CC(C)c1ccc(C(C)NC(C)C2CCCCC2)cc1. The van der Waals surface area contributed by atoms with E-state index >= 15 is 0 Å². The zero-order valence-electron chi connectivity index (χ0n) is 13.7. The summed E-state index contributed by atoms with van der Waals surface area (Å²) in [6.07, 6.45) is 7.11. The Morgan fingerprint density at radius 2 is 1.40 bits per heavy atom. The Kier molecular flexibility index (Phi) is 5.65. The summed E-state index contributed by atoms with van der Waals surface area (Å²) in [7, 11) is 0. The van der Waals surface area contributed by atoms with Crippen LogP contribution in [0, 0.1) is 5.92 Å². The van der Waals surface area contributed by atoms with Crippen molar-refractivity contribution in [3.05, 3.63) is 35.4 Å². The molecule has 2 atom stereocenters. The van der Waals surface area contributed by atoms with E-state index < -0.39 is 0 Å². The molecule has 0 aromatic heterocycles. The van der Waals surface area contributed by atoms with Crippen molar-refractivity contribution in [2.24, 2.45) is 5.92 Å². The molecule has 1 aliphatic carbocycles. The number of rotatable bonds is 5. The molecule has 1 nitrogen and oxygen atoms in total. The Hall–Kier alpha value is -0.820. The highest BCUT2D eigenvalue weighted by Crippen LogP contribution is 2.28. The monoisotopic (exact) mass is 273 g/mol. The summed E-state index contributed by atoms with van der Waals surface area (Å²) < 4.78 is 0. The molecule has 1 aromatic carbocycles. The van der Waals surface area contributed by atoms with Gasteiger partial charge < -0.3 is 5.32 Å². The fraction of sp³-hybridized carbons (Fsp3) is 0.684. The molecule has 1 N–H and O–H groups in total. The highest BCUT2D eigenvalue weighted by atomic mass is 14.9. The molecule has 2 rings (SSSR count). The Morgan fingerprint density at radius 3 is 1.95 bits per heavy atom. The fourth-order valence-electron chi connectivity index (χ4n) is 3.43. The second kappa shape index (κ2) is 7.26. The average Bonchev–Trinajstić information content (AvgIpc) is 2.48. The van der Waals surface area contributed by atoms with Gasteiger partial charge in [0.15, 0.2) is 0 Å². The van der Waals surface area contributed by atoms with Crippen LogP contribution in [0.3, 0.4) is 0 Å². The average molecular weight is 273 g/mol. The third-order valence-electron chi connectivity index (χ3n) is 4.97. The highest BCUT2D eigenvalue weighted by Gasteiger charge is 2.21. The van der Waals surface area contributed by atoms with Gasteiger partial charge in [-0.05, 0) is 49.7 Å². The van der Waals surface area contributed by atoms with Crippen molar-refractivity contribution in [2.45, 2.75) is 77.8 Å². The Balaban J connectivity index is 1.91. The van der Waals surface area contributed by atoms with Gasteiger partial charge in [-0.3, -0.25) is 0 Å². The fourth-order valence-corrected chi connectivity index (χ4v) is 3.43. The van der Waals surface area contributed by atoms with E-state index in [9.17, 15) is 0 Å². The van der Waals surface area contributed by atoms with Crippen LogP contribution in [-0.4, -0.2) is 6.04 Å². The molecule has 20 heavy (non-hydrogen) atoms. The van der Waals surface area contributed by atoms with Crippen molar-refractivity contribution >= 4 is 0 Å². The van der Waals surface area contributed by atoms with Crippen LogP contribution in [0.25, 0.3) is 0 Å². The van der Waals surface area contributed by atoms with Crippen molar-refractivity contribution < 1.29 is 0 Å². The normalized spacial score (nSPS) is 20.1. The lowest BCUT2D eigenvalue weighted by Gasteiger charge is -2.31. The molecular weight excluding hydrogens is 242 g/mol. The van der Waals surface area contributed by atoms with Gasteiger partial charge in [-0.1, -0.05) is 57.4 Å². The predicted molar refractivity (Wildman–Crippen MR) is 88.1 cm³/mol. The maximum Gasteiger partial charge on any atom is 0.0294 e. The summed E-state index contributed by atoms with van der Waals surface area (Å²) in [6.45, 7) is 9.17. The van der Waals surface area contributed by atoms with E-state index in [1.807, 2.05) is 0 Å². The summed E-state index contributed by atoms with van der Waals surface area (Å²) in [6, 6.07) is 10.2. The molecule has 0 bridgehead atoms. The molecular formula is C19H31N. The number of hydrogen-bond donors (Lipinski definition) is 1. The lowest BCUT2D eigenvalue weighted by molar-refractivity contribution is 0.268. The zero-order chi connectivity index (χ0) is 14.5. The van der Waals surface area contributed by atoms with Crippen LogP contribution < -0.4 is 5.32 Å². The number of hydrogen-bond acceptors (Lipinski definition) is 1. The first-order chi connectivity index (χ1) is 9.58. The van der Waals surface area contributed by atoms with Crippen molar-refractivity contribution in [2.75, 3.05) is 0 Å². The minimum atomic E-state index is 0.452. The van der Waals surface area contributed by atoms with Gasteiger partial charge in [0.25, 0.3) is 0 Å². The van der Waals surface area contributed by atoms with Gasteiger partial charge in [0.2, 0.25) is 0 Å². The van der Waals surface area contributed by atoms with Crippen LogP contribution in [0.1, 0.15) is 82.9 Å². The second-order valence-electron chi connectivity index (χ2n) is 6.90.